The fourth-order valence-electron chi connectivity index (χ4n) is 1.98. The zero-order chi connectivity index (χ0) is 13.4. The first-order valence-corrected chi connectivity index (χ1v) is 6.63. The molecule has 5 heteroatoms. The lowest BCUT2D eigenvalue weighted by Gasteiger charge is -2.04. The Balaban J connectivity index is 2.21. The number of hydrogen-bond donors (Lipinski definition) is 1. The van der Waals surface area contributed by atoms with Gasteiger partial charge in [0.1, 0.15) is 11.6 Å². The molecule has 19 heavy (non-hydrogen) atoms. The highest BCUT2D eigenvalue weighted by Crippen LogP contribution is 2.31. The maximum atomic E-state index is 5.25. The first-order chi connectivity index (χ1) is 9.19. The van der Waals surface area contributed by atoms with Crippen LogP contribution < -0.4 is 4.74 Å². The van der Waals surface area contributed by atoms with Crippen molar-refractivity contribution in [3.8, 4) is 17.1 Å². The summed E-state index contributed by atoms with van der Waals surface area (Å²) in [6, 6.07) is 7.75. The van der Waals surface area contributed by atoms with Crippen LogP contribution in [-0.4, -0.2) is 22.1 Å². The summed E-state index contributed by atoms with van der Waals surface area (Å²) in [5, 5.41) is 0. The van der Waals surface area contributed by atoms with Gasteiger partial charge in [0.2, 0.25) is 0 Å². The summed E-state index contributed by atoms with van der Waals surface area (Å²) < 4.78 is 6.21. The Morgan fingerprint density at radius 2 is 2.11 bits per heavy atom. The third kappa shape index (κ3) is 2.10. The molecular formula is C14H12BrN3O. The maximum absolute atomic E-state index is 5.25. The average Bonchev–Trinajstić information content (AvgIpc) is 2.84. The van der Waals surface area contributed by atoms with Crippen LogP contribution in [0, 0.1) is 6.92 Å². The number of rotatable bonds is 2. The number of ether oxygens (including phenoxy) is 1. The van der Waals surface area contributed by atoms with Gasteiger partial charge >= 0.3 is 0 Å². The lowest BCUT2D eigenvalue weighted by molar-refractivity contribution is 0.415. The number of benzene rings is 1. The Hall–Kier alpha value is -1.88. The molecule has 2 aromatic heterocycles. The van der Waals surface area contributed by atoms with E-state index in [1.165, 1.54) is 0 Å². The van der Waals surface area contributed by atoms with Crippen LogP contribution in [0.3, 0.4) is 0 Å². The summed E-state index contributed by atoms with van der Waals surface area (Å²) in [4.78, 5) is 12.1. The zero-order valence-electron chi connectivity index (χ0n) is 10.6. The van der Waals surface area contributed by atoms with Crippen molar-refractivity contribution >= 4 is 27.1 Å². The SMILES string of the molecule is COc1ccc(Br)c(-c2nc3nccc(C)c3[nH]2)c1. The van der Waals surface area contributed by atoms with Crippen LogP contribution in [0.15, 0.2) is 34.9 Å². The Morgan fingerprint density at radius 1 is 1.26 bits per heavy atom. The van der Waals surface area contributed by atoms with Crippen molar-refractivity contribution in [1.82, 2.24) is 15.0 Å². The van der Waals surface area contributed by atoms with E-state index in [1.807, 2.05) is 31.2 Å². The van der Waals surface area contributed by atoms with E-state index in [4.69, 9.17) is 4.74 Å². The predicted molar refractivity (Wildman–Crippen MR) is 78.3 cm³/mol. The molecule has 0 aliphatic rings. The summed E-state index contributed by atoms with van der Waals surface area (Å²) in [5.41, 5.74) is 3.77. The molecule has 4 nitrogen and oxygen atoms in total. The van der Waals surface area contributed by atoms with Crippen molar-refractivity contribution in [3.05, 3.63) is 40.5 Å². The van der Waals surface area contributed by atoms with Gasteiger partial charge in [-0.15, -0.1) is 0 Å². The molecule has 1 N–H and O–H groups in total. The van der Waals surface area contributed by atoms with Gasteiger partial charge in [0.05, 0.1) is 12.6 Å². The number of halogens is 1. The van der Waals surface area contributed by atoms with Crippen LogP contribution in [0.4, 0.5) is 0 Å². The van der Waals surface area contributed by atoms with Gasteiger partial charge < -0.3 is 9.72 Å². The number of hydrogen-bond acceptors (Lipinski definition) is 3. The van der Waals surface area contributed by atoms with E-state index < -0.39 is 0 Å². The van der Waals surface area contributed by atoms with Crippen molar-refractivity contribution in [1.29, 1.82) is 0 Å². The number of nitrogens with one attached hydrogen (secondary N) is 1. The number of aromatic amines is 1. The summed E-state index contributed by atoms with van der Waals surface area (Å²) in [5.74, 6) is 1.57. The molecule has 96 valence electrons. The quantitative estimate of drug-likeness (QED) is 0.784. The van der Waals surface area contributed by atoms with Gasteiger partial charge in [-0.3, -0.25) is 0 Å². The van der Waals surface area contributed by atoms with E-state index in [0.29, 0.717) is 0 Å². The number of fused-ring (bicyclic) bond motifs is 1. The third-order valence-electron chi connectivity index (χ3n) is 3.03. The van der Waals surface area contributed by atoms with Gasteiger partial charge in [-0.25, -0.2) is 9.97 Å². The molecule has 0 unspecified atom stereocenters. The minimum Gasteiger partial charge on any atom is -0.497 e. The Bertz CT molecular complexity index is 752. The summed E-state index contributed by atoms with van der Waals surface area (Å²) >= 11 is 3.54. The van der Waals surface area contributed by atoms with Gasteiger partial charge in [0.15, 0.2) is 5.65 Å². The van der Waals surface area contributed by atoms with Crippen LogP contribution in [0.5, 0.6) is 5.75 Å². The minimum atomic E-state index is 0.727. The Kier molecular flexibility index (Phi) is 2.98. The Morgan fingerprint density at radius 3 is 2.84 bits per heavy atom. The molecule has 0 bridgehead atoms. The van der Waals surface area contributed by atoms with E-state index >= 15 is 0 Å². The highest BCUT2D eigenvalue weighted by Gasteiger charge is 2.11. The van der Waals surface area contributed by atoms with E-state index in [1.54, 1.807) is 13.3 Å². The molecule has 0 saturated heterocycles. The van der Waals surface area contributed by atoms with Crippen molar-refractivity contribution in [2.24, 2.45) is 0 Å². The van der Waals surface area contributed by atoms with E-state index in [-0.39, 0.29) is 0 Å². The topological polar surface area (TPSA) is 50.8 Å². The van der Waals surface area contributed by atoms with Gasteiger partial charge in [0.25, 0.3) is 0 Å². The molecule has 1 aromatic carbocycles. The lowest BCUT2D eigenvalue weighted by Crippen LogP contribution is -1.87. The molecule has 0 atom stereocenters. The number of aromatic nitrogens is 3. The first-order valence-electron chi connectivity index (χ1n) is 5.84. The second kappa shape index (κ2) is 4.66. The summed E-state index contributed by atoms with van der Waals surface area (Å²) in [6.45, 7) is 2.03. The van der Waals surface area contributed by atoms with Gasteiger partial charge in [-0.05, 0) is 36.8 Å². The van der Waals surface area contributed by atoms with Gasteiger partial charge in [-0.2, -0.15) is 0 Å². The number of imidazole rings is 1. The monoisotopic (exact) mass is 317 g/mol. The minimum absolute atomic E-state index is 0.727. The highest BCUT2D eigenvalue weighted by atomic mass is 79.9. The van der Waals surface area contributed by atoms with E-state index in [0.717, 1.165) is 38.3 Å². The smallest absolute Gasteiger partial charge is 0.178 e. The molecule has 0 aliphatic heterocycles. The molecular weight excluding hydrogens is 306 g/mol. The molecule has 2 heterocycles. The second-order valence-corrected chi connectivity index (χ2v) is 5.11. The number of pyridine rings is 1. The van der Waals surface area contributed by atoms with Crippen LogP contribution in [-0.2, 0) is 0 Å². The van der Waals surface area contributed by atoms with Crippen LogP contribution >= 0.6 is 15.9 Å². The number of nitrogens with zero attached hydrogens (tertiary/aromatic N) is 2. The molecule has 3 rings (SSSR count). The zero-order valence-corrected chi connectivity index (χ0v) is 12.2. The van der Waals surface area contributed by atoms with Crippen LogP contribution in [0.2, 0.25) is 0 Å². The molecule has 0 radical (unpaired) electrons. The van der Waals surface area contributed by atoms with E-state index in [2.05, 4.69) is 30.9 Å². The molecule has 0 fully saturated rings. The lowest BCUT2D eigenvalue weighted by atomic mass is 10.2. The van der Waals surface area contributed by atoms with Crippen molar-refractivity contribution in [2.75, 3.05) is 7.11 Å². The summed E-state index contributed by atoms with van der Waals surface area (Å²) in [7, 11) is 1.65. The maximum Gasteiger partial charge on any atom is 0.178 e. The summed E-state index contributed by atoms with van der Waals surface area (Å²) in [6.07, 6.45) is 1.77. The number of aryl methyl sites for hydroxylation is 1. The molecule has 3 aromatic rings. The molecule has 0 spiro atoms. The van der Waals surface area contributed by atoms with Crippen LogP contribution in [0.1, 0.15) is 5.56 Å². The Labute approximate surface area is 119 Å². The molecule has 0 saturated carbocycles. The van der Waals surface area contributed by atoms with Gasteiger partial charge in [-0.1, -0.05) is 15.9 Å². The van der Waals surface area contributed by atoms with Crippen molar-refractivity contribution < 1.29 is 4.74 Å². The normalized spacial score (nSPS) is 10.9. The van der Waals surface area contributed by atoms with Crippen LogP contribution in [0.25, 0.3) is 22.6 Å². The first kappa shape index (κ1) is 12.2. The van der Waals surface area contributed by atoms with Crippen molar-refractivity contribution in [3.63, 3.8) is 0 Å². The number of methoxy groups -OCH3 is 1. The standard InChI is InChI=1S/C14H12BrN3O/c1-8-5-6-16-14-12(8)17-13(18-14)10-7-9(19-2)3-4-11(10)15/h3-7H,1-2H3,(H,16,17,18). The average molecular weight is 318 g/mol. The number of H-pyrrole nitrogens is 1. The second-order valence-electron chi connectivity index (χ2n) is 4.26. The van der Waals surface area contributed by atoms with Crippen molar-refractivity contribution in [2.45, 2.75) is 6.92 Å². The fourth-order valence-corrected chi connectivity index (χ4v) is 2.41. The highest BCUT2D eigenvalue weighted by molar-refractivity contribution is 9.10. The largest absolute Gasteiger partial charge is 0.497 e. The van der Waals surface area contributed by atoms with E-state index in [9.17, 15) is 0 Å². The molecule has 0 amide bonds. The predicted octanol–water partition coefficient (Wildman–Crippen LogP) is 3.70. The molecule has 0 aliphatic carbocycles. The fraction of sp³-hybridized carbons (Fsp3) is 0.143. The van der Waals surface area contributed by atoms with Gasteiger partial charge in [0, 0.05) is 16.2 Å². The third-order valence-corrected chi connectivity index (χ3v) is 3.72.